The van der Waals surface area contributed by atoms with Gasteiger partial charge in [-0.15, -0.1) is 5.10 Å². The lowest BCUT2D eigenvalue weighted by atomic mass is 10.1. The monoisotopic (exact) mass is 261 g/mol. The van der Waals surface area contributed by atoms with Crippen molar-refractivity contribution in [2.24, 2.45) is 5.92 Å². The van der Waals surface area contributed by atoms with Gasteiger partial charge in [-0.25, -0.2) is 8.42 Å². The minimum Gasteiger partial charge on any atom is -0.411 e. The highest BCUT2D eigenvalue weighted by molar-refractivity contribution is 7.90. The normalized spacial score (nSPS) is 11.8. The van der Waals surface area contributed by atoms with Crippen molar-refractivity contribution in [2.45, 2.75) is 32.0 Å². The average molecular weight is 261 g/mol. The first-order valence-electron chi connectivity index (χ1n) is 5.08. The van der Waals surface area contributed by atoms with Gasteiger partial charge < -0.3 is 9.73 Å². The Balaban J connectivity index is 2.54. The van der Waals surface area contributed by atoms with E-state index in [-0.39, 0.29) is 24.3 Å². The number of sulfone groups is 1. The number of nitrogens with one attached hydrogen (secondary N) is 1. The smallest absolute Gasteiger partial charge is 0.335 e. The number of nitrogens with zero attached hydrogens (tertiary/aromatic N) is 2. The van der Waals surface area contributed by atoms with E-state index >= 15 is 0 Å². The van der Waals surface area contributed by atoms with Crippen LogP contribution in [0.5, 0.6) is 0 Å². The maximum absolute atomic E-state index is 11.3. The Labute approximate surface area is 99.5 Å². The van der Waals surface area contributed by atoms with E-state index in [4.69, 9.17) is 4.42 Å². The number of rotatable bonds is 5. The molecule has 0 spiro atoms. The van der Waals surface area contributed by atoms with E-state index in [0.29, 0.717) is 6.42 Å². The zero-order chi connectivity index (χ0) is 13.1. The van der Waals surface area contributed by atoms with Crippen molar-refractivity contribution < 1.29 is 17.6 Å². The number of carbonyl (C=O) groups excluding carboxylic acids is 1. The summed E-state index contributed by atoms with van der Waals surface area (Å²) < 4.78 is 27.0. The predicted molar refractivity (Wildman–Crippen MR) is 58.7 cm³/mol. The Bertz CT molecular complexity index is 492. The summed E-state index contributed by atoms with van der Waals surface area (Å²) in [4.78, 5) is 11.3. The van der Waals surface area contributed by atoms with E-state index in [1.807, 2.05) is 13.8 Å². The van der Waals surface area contributed by atoms with Gasteiger partial charge in [0.15, 0.2) is 0 Å². The van der Waals surface area contributed by atoms with Gasteiger partial charge in [-0.3, -0.25) is 4.79 Å². The molecular formula is C9H15N3O4S. The van der Waals surface area contributed by atoms with Crippen LogP contribution in [0.15, 0.2) is 9.64 Å². The van der Waals surface area contributed by atoms with Crippen LogP contribution in [0.2, 0.25) is 0 Å². The molecule has 1 rings (SSSR count). The predicted octanol–water partition coefficient (Wildman–Crippen LogP) is 0.135. The van der Waals surface area contributed by atoms with E-state index in [0.717, 1.165) is 6.26 Å². The highest BCUT2D eigenvalue weighted by Gasteiger charge is 2.16. The number of aromatic nitrogens is 2. The molecule has 0 saturated heterocycles. The van der Waals surface area contributed by atoms with Crippen molar-refractivity contribution in [3.63, 3.8) is 0 Å². The highest BCUT2D eigenvalue weighted by atomic mass is 32.2. The molecule has 0 aromatic carbocycles. The average Bonchev–Trinajstić information content (AvgIpc) is 2.61. The van der Waals surface area contributed by atoms with E-state index in [9.17, 15) is 13.2 Å². The van der Waals surface area contributed by atoms with Crippen molar-refractivity contribution in [3.8, 4) is 0 Å². The highest BCUT2D eigenvalue weighted by Crippen LogP contribution is 2.06. The molecule has 0 aliphatic rings. The fraction of sp³-hybridized carbons (Fsp3) is 0.667. The van der Waals surface area contributed by atoms with Gasteiger partial charge in [0.2, 0.25) is 21.6 Å². The Morgan fingerprint density at radius 3 is 2.53 bits per heavy atom. The zero-order valence-corrected chi connectivity index (χ0v) is 10.7. The Kier molecular flexibility index (Phi) is 4.22. The van der Waals surface area contributed by atoms with Gasteiger partial charge in [-0.1, -0.05) is 18.9 Å². The second-order valence-corrected chi connectivity index (χ2v) is 6.00. The van der Waals surface area contributed by atoms with Crippen molar-refractivity contribution in [3.05, 3.63) is 5.89 Å². The van der Waals surface area contributed by atoms with Crippen molar-refractivity contribution in [1.29, 1.82) is 0 Å². The molecule has 8 heteroatoms. The fourth-order valence-electron chi connectivity index (χ4n) is 1.08. The van der Waals surface area contributed by atoms with Gasteiger partial charge in [-0.05, 0) is 5.92 Å². The van der Waals surface area contributed by atoms with E-state index in [2.05, 4.69) is 15.5 Å². The number of amides is 1. The van der Waals surface area contributed by atoms with Crippen LogP contribution in [0.3, 0.4) is 0 Å². The lowest BCUT2D eigenvalue weighted by Crippen LogP contribution is -2.24. The maximum atomic E-state index is 11.3. The number of hydrogen-bond donors (Lipinski definition) is 1. The van der Waals surface area contributed by atoms with Gasteiger partial charge in [-0.2, -0.15) is 0 Å². The number of hydrogen-bond acceptors (Lipinski definition) is 6. The van der Waals surface area contributed by atoms with Crippen LogP contribution < -0.4 is 5.32 Å². The molecular weight excluding hydrogens is 246 g/mol. The fourth-order valence-corrected chi connectivity index (χ4v) is 1.51. The standard InChI is InChI=1S/C9H15N3O4S/c1-6(2)4-7(13)10-5-8-11-12-9(16-8)17(3,14)15/h6H,4-5H2,1-3H3,(H,10,13). The summed E-state index contributed by atoms with van der Waals surface area (Å²) in [5, 5.41) is 9.02. The molecule has 1 aromatic heterocycles. The molecule has 17 heavy (non-hydrogen) atoms. The first-order valence-corrected chi connectivity index (χ1v) is 6.97. The third-order valence-electron chi connectivity index (χ3n) is 1.80. The molecule has 0 radical (unpaired) electrons. The molecule has 0 atom stereocenters. The third-order valence-corrected chi connectivity index (χ3v) is 2.60. The molecule has 1 heterocycles. The van der Waals surface area contributed by atoms with Gasteiger partial charge in [0.05, 0.1) is 6.54 Å². The van der Waals surface area contributed by atoms with Crippen LogP contribution in [0.25, 0.3) is 0 Å². The van der Waals surface area contributed by atoms with Crippen LogP contribution in [0, 0.1) is 5.92 Å². The quantitative estimate of drug-likeness (QED) is 0.808. The van der Waals surface area contributed by atoms with Gasteiger partial charge >= 0.3 is 5.22 Å². The van der Waals surface area contributed by atoms with E-state index in [1.54, 1.807) is 0 Å². The summed E-state index contributed by atoms with van der Waals surface area (Å²) in [5.41, 5.74) is 0. The lowest BCUT2D eigenvalue weighted by molar-refractivity contribution is -0.122. The molecule has 0 bridgehead atoms. The molecule has 96 valence electrons. The molecule has 0 aliphatic heterocycles. The van der Waals surface area contributed by atoms with Gasteiger partial charge in [0, 0.05) is 12.7 Å². The van der Waals surface area contributed by atoms with Crippen LogP contribution in [0.4, 0.5) is 0 Å². The van der Waals surface area contributed by atoms with Crippen molar-refractivity contribution in [2.75, 3.05) is 6.26 Å². The van der Waals surface area contributed by atoms with Crippen molar-refractivity contribution in [1.82, 2.24) is 15.5 Å². The van der Waals surface area contributed by atoms with Crippen LogP contribution in [-0.2, 0) is 21.2 Å². The molecule has 0 fully saturated rings. The van der Waals surface area contributed by atoms with Crippen LogP contribution >= 0.6 is 0 Å². The summed E-state index contributed by atoms with van der Waals surface area (Å²) in [5.74, 6) is 0.186. The zero-order valence-electron chi connectivity index (χ0n) is 9.93. The van der Waals surface area contributed by atoms with Crippen LogP contribution in [0.1, 0.15) is 26.2 Å². The van der Waals surface area contributed by atoms with E-state index in [1.165, 1.54) is 0 Å². The molecule has 0 unspecified atom stereocenters. The molecule has 0 aliphatic carbocycles. The molecule has 1 amide bonds. The summed E-state index contributed by atoms with van der Waals surface area (Å²) in [6, 6.07) is 0. The number of carbonyl (C=O) groups is 1. The SMILES string of the molecule is CC(C)CC(=O)NCc1nnc(S(C)(=O)=O)o1. The van der Waals surface area contributed by atoms with Crippen molar-refractivity contribution >= 4 is 15.7 Å². The Morgan fingerprint density at radius 1 is 1.41 bits per heavy atom. The van der Waals surface area contributed by atoms with E-state index < -0.39 is 15.1 Å². The molecule has 0 saturated carbocycles. The van der Waals surface area contributed by atoms with Crippen LogP contribution in [-0.4, -0.2) is 30.8 Å². The molecule has 1 N–H and O–H groups in total. The lowest BCUT2D eigenvalue weighted by Gasteiger charge is -2.04. The second kappa shape index (κ2) is 5.26. The Morgan fingerprint density at radius 2 is 2.06 bits per heavy atom. The van der Waals surface area contributed by atoms with Gasteiger partial charge in [0.1, 0.15) is 0 Å². The van der Waals surface area contributed by atoms with Gasteiger partial charge in [0.25, 0.3) is 0 Å². The second-order valence-electron chi connectivity index (χ2n) is 4.11. The summed E-state index contributed by atoms with van der Waals surface area (Å²) in [6.45, 7) is 3.89. The topological polar surface area (TPSA) is 102 Å². The minimum atomic E-state index is -3.49. The first kappa shape index (κ1) is 13.6. The molecule has 1 aromatic rings. The molecule has 7 nitrogen and oxygen atoms in total. The first-order chi connectivity index (χ1) is 7.79. The summed E-state index contributed by atoms with van der Waals surface area (Å²) in [6.07, 6.45) is 1.37. The summed E-state index contributed by atoms with van der Waals surface area (Å²) >= 11 is 0. The maximum Gasteiger partial charge on any atom is 0.335 e. The largest absolute Gasteiger partial charge is 0.411 e. The Hall–Kier alpha value is -1.44. The minimum absolute atomic E-state index is 0.0358. The third kappa shape index (κ3) is 4.51. The summed E-state index contributed by atoms with van der Waals surface area (Å²) in [7, 11) is -3.49.